The Morgan fingerprint density at radius 3 is 2.80 bits per heavy atom. The second-order valence-corrected chi connectivity index (χ2v) is 7.65. The third-order valence-electron chi connectivity index (χ3n) is 4.48. The Balaban J connectivity index is 1.81. The Hall–Kier alpha value is -3.07. The van der Waals surface area contributed by atoms with E-state index in [-0.39, 0.29) is 31.8 Å². The van der Waals surface area contributed by atoms with Crippen LogP contribution in [0.2, 0.25) is 0 Å². The fourth-order valence-corrected chi connectivity index (χ4v) is 3.85. The summed E-state index contributed by atoms with van der Waals surface area (Å²) in [6.45, 7) is 1.82. The molecule has 2 aromatic heterocycles. The molecule has 0 atom stereocenters. The molecule has 2 heterocycles. The number of carboxylic acid groups (broad SMARTS) is 1. The molecule has 0 saturated carbocycles. The smallest absolute Gasteiger partial charge is 0.307 e. The topological polar surface area (TPSA) is 98.5 Å². The zero-order valence-electron chi connectivity index (χ0n) is 16.4. The third kappa shape index (κ3) is 5.10. The average molecular weight is 432 g/mol. The van der Waals surface area contributed by atoms with E-state index in [1.54, 1.807) is 0 Å². The molecule has 0 aliphatic heterocycles. The number of nitrogens with zero attached hydrogens (tertiary/aromatic N) is 2. The molecule has 0 bridgehead atoms. The van der Waals surface area contributed by atoms with Crippen LogP contribution in [0.3, 0.4) is 0 Å². The van der Waals surface area contributed by atoms with Gasteiger partial charge in [-0.2, -0.15) is 0 Å². The summed E-state index contributed by atoms with van der Waals surface area (Å²) in [4.78, 5) is 39.8. The Kier molecular flexibility index (Phi) is 6.94. The van der Waals surface area contributed by atoms with Crippen LogP contribution in [0.5, 0.6) is 0 Å². The van der Waals surface area contributed by atoms with Crippen LogP contribution in [0.25, 0.3) is 10.9 Å². The first-order valence-electron chi connectivity index (χ1n) is 9.54. The van der Waals surface area contributed by atoms with Gasteiger partial charge in [-0.3, -0.25) is 14.4 Å². The van der Waals surface area contributed by atoms with Crippen molar-refractivity contribution in [2.75, 3.05) is 0 Å². The van der Waals surface area contributed by atoms with Gasteiger partial charge in [-0.05, 0) is 31.0 Å². The number of hydrogen-bond donors (Lipinski definition) is 1. The summed E-state index contributed by atoms with van der Waals surface area (Å²) in [5.41, 5.74) is 1.63. The molecule has 0 spiro atoms. The van der Waals surface area contributed by atoms with Gasteiger partial charge in [0.2, 0.25) is 5.78 Å². The number of fused-ring (bicyclic) bond motifs is 1. The van der Waals surface area contributed by atoms with Crippen molar-refractivity contribution >= 4 is 40.0 Å². The molecule has 3 rings (SSSR count). The van der Waals surface area contributed by atoms with E-state index in [9.17, 15) is 18.8 Å². The number of aliphatic carboxylic acids is 1. The highest BCUT2D eigenvalue weighted by molar-refractivity contribution is 7.12. The van der Waals surface area contributed by atoms with E-state index in [0.717, 1.165) is 18.5 Å². The summed E-state index contributed by atoms with van der Waals surface area (Å²) in [6.07, 6.45) is 3.24. The highest BCUT2D eigenvalue weighted by Gasteiger charge is 2.20. The number of aryl methyl sites for hydroxylation is 1. The van der Waals surface area contributed by atoms with Crippen molar-refractivity contribution in [1.29, 1.82) is 0 Å². The van der Waals surface area contributed by atoms with Crippen molar-refractivity contribution in [2.24, 2.45) is 0 Å². The largest absolute Gasteiger partial charge is 0.481 e. The van der Waals surface area contributed by atoms with E-state index >= 15 is 0 Å². The van der Waals surface area contributed by atoms with E-state index in [4.69, 9.17) is 9.84 Å². The number of carboxylic acids is 1. The minimum atomic E-state index is -0.984. The minimum Gasteiger partial charge on any atom is -0.481 e. The fourth-order valence-electron chi connectivity index (χ4n) is 3.05. The zero-order valence-corrected chi connectivity index (χ0v) is 17.2. The molecule has 0 saturated heterocycles. The van der Waals surface area contributed by atoms with Gasteiger partial charge in [-0.15, -0.1) is 11.3 Å². The van der Waals surface area contributed by atoms with E-state index in [1.807, 2.05) is 12.3 Å². The normalized spacial score (nSPS) is 11.0. The van der Waals surface area contributed by atoms with Crippen LogP contribution in [0.1, 0.15) is 53.7 Å². The maximum Gasteiger partial charge on any atom is 0.307 e. The van der Waals surface area contributed by atoms with Crippen LogP contribution >= 0.6 is 11.3 Å². The molecule has 7 nitrogen and oxygen atoms in total. The van der Waals surface area contributed by atoms with Crippen molar-refractivity contribution in [1.82, 2.24) is 9.55 Å². The van der Waals surface area contributed by atoms with Crippen molar-refractivity contribution in [3.8, 4) is 0 Å². The van der Waals surface area contributed by atoms with Crippen molar-refractivity contribution in [2.45, 2.75) is 45.8 Å². The minimum absolute atomic E-state index is 0.0367. The third-order valence-corrected chi connectivity index (χ3v) is 5.37. The van der Waals surface area contributed by atoms with E-state index < -0.39 is 17.8 Å². The van der Waals surface area contributed by atoms with Crippen molar-refractivity contribution in [3.05, 3.63) is 51.9 Å². The Bertz CT molecular complexity index is 1090. The van der Waals surface area contributed by atoms with Crippen molar-refractivity contribution in [3.63, 3.8) is 0 Å². The molecular weight excluding hydrogens is 411 g/mol. The molecule has 1 aromatic carbocycles. The predicted octanol–water partition coefficient (Wildman–Crippen LogP) is 4.18. The van der Waals surface area contributed by atoms with Gasteiger partial charge in [-0.1, -0.05) is 13.3 Å². The number of benzene rings is 1. The Labute approximate surface area is 176 Å². The summed E-state index contributed by atoms with van der Waals surface area (Å²) in [5.74, 6) is -2.30. The molecule has 0 aliphatic carbocycles. The first kappa shape index (κ1) is 21.6. The predicted molar refractivity (Wildman–Crippen MR) is 109 cm³/mol. The number of aromatic nitrogens is 2. The molecule has 9 heteroatoms. The lowest BCUT2D eigenvalue weighted by atomic mass is 10.1. The van der Waals surface area contributed by atoms with Crippen LogP contribution in [0, 0.1) is 5.82 Å². The summed E-state index contributed by atoms with van der Waals surface area (Å²) in [7, 11) is 0. The molecule has 158 valence electrons. The van der Waals surface area contributed by atoms with Gasteiger partial charge in [0.25, 0.3) is 0 Å². The van der Waals surface area contributed by atoms with Gasteiger partial charge in [0.15, 0.2) is 11.7 Å². The van der Waals surface area contributed by atoms with Crippen LogP contribution in [-0.2, 0) is 27.5 Å². The number of thiazole rings is 1. The zero-order chi connectivity index (χ0) is 21.7. The van der Waals surface area contributed by atoms with Crippen LogP contribution < -0.4 is 0 Å². The van der Waals surface area contributed by atoms with E-state index in [1.165, 1.54) is 40.3 Å². The maximum atomic E-state index is 13.8. The number of ether oxygens (including phenoxy) is 1. The fraction of sp³-hybridized carbons (Fsp3) is 0.333. The highest BCUT2D eigenvalue weighted by Crippen LogP contribution is 2.26. The van der Waals surface area contributed by atoms with Gasteiger partial charge in [0.1, 0.15) is 5.82 Å². The number of carbonyl (C=O) groups is 3. The number of hydrogen-bond acceptors (Lipinski definition) is 6. The van der Waals surface area contributed by atoms with Crippen LogP contribution in [0.15, 0.2) is 29.8 Å². The van der Waals surface area contributed by atoms with Gasteiger partial charge in [0.05, 0.1) is 16.8 Å². The summed E-state index contributed by atoms with van der Waals surface area (Å²) >= 11 is 1.27. The molecule has 0 radical (unpaired) electrons. The van der Waals surface area contributed by atoms with Gasteiger partial charge in [0, 0.05) is 29.8 Å². The number of halogens is 1. The van der Waals surface area contributed by atoms with E-state index in [0.29, 0.717) is 21.5 Å². The summed E-state index contributed by atoms with van der Waals surface area (Å²) < 4.78 is 20.5. The Morgan fingerprint density at radius 1 is 1.27 bits per heavy atom. The standard InChI is InChI=1S/C21H21FN2O5S/c1-2-4-14-11-30-21(23-14)20(28)16-10-24(17-9-13(22)7-8-15(16)17)12-29-19(27)6-3-5-18(25)26/h7-11H,2-6,12H2,1H3,(H,25,26). The molecule has 0 amide bonds. The molecule has 0 unspecified atom stereocenters. The lowest BCUT2D eigenvalue weighted by Crippen LogP contribution is -2.09. The number of ketones is 1. The van der Waals surface area contributed by atoms with Gasteiger partial charge >= 0.3 is 11.9 Å². The summed E-state index contributed by atoms with van der Waals surface area (Å²) in [5, 5.41) is 11.4. The monoisotopic (exact) mass is 432 g/mol. The molecule has 0 fully saturated rings. The summed E-state index contributed by atoms with van der Waals surface area (Å²) in [6, 6.07) is 4.06. The van der Waals surface area contributed by atoms with E-state index in [2.05, 4.69) is 4.98 Å². The van der Waals surface area contributed by atoms with Gasteiger partial charge in [-0.25, -0.2) is 9.37 Å². The maximum absolute atomic E-state index is 13.8. The molecule has 0 aliphatic rings. The Morgan fingerprint density at radius 2 is 2.07 bits per heavy atom. The second kappa shape index (κ2) is 9.62. The van der Waals surface area contributed by atoms with Crippen LogP contribution in [-0.4, -0.2) is 32.4 Å². The number of rotatable bonds is 10. The molecular formula is C21H21FN2O5S. The number of carbonyl (C=O) groups excluding carboxylic acids is 2. The molecule has 3 aromatic rings. The average Bonchev–Trinajstić information content (AvgIpc) is 3.30. The molecule has 1 N–H and O–H groups in total. The van der Waals surface area contributed by atoms with Crippen LogP contribution in [0.4, 0.5) is 4.39 Å². The lowest BCUT2D eigenvalue weighted by Gasteiger charge is -2.07. The number of esters is 1. The van der Waals surface area contributed by atoms with Crippen molar-refractivity contribution < 1.29 is 28.6 Å². The highest BCUT2D eigenvalue weighted by atomic mass is 32.1. The SMILES string of the molecule is CCCc1csc(C(=O)c2cn(COC(=O)CCCC(=O)O)c3cc(F)ccc23)n1. The first-order valence-corrected chi connectivity index (χ1v) is 10.4. The second-order valence-electron chi connectivity index (χ2n) is 6.79. The van der Waals surface area contributed by atoms with Gasteiger partial charge < -0.3 is 14.4 Å². The quantitative estimate of drug-likeness (QED) is 0.381. The lowest BCUT2D eigenvalue weighted by molar-refractivity contribution is -0.147. The molecule has 30 heavy (non-hydrogen) atoms. The first-order chi connectivity index (χ1) is 14.4.